The first-order valence-corrected chi connectivity index (χ1v) is 8.97. The van der Waals surface area contributed by atoms with Crippen molar-refractivity contribution in [3.05, 3.63) is 11.2 Å². The second-order valence-electron chi connectivity index (χ2n) is 5.06. The summed E-state index contributed by atoms with van der Waals surface area (Å²) < 4.78 is 27.6. The Kier molecular flexibility index (Phi) is 6.87. The predicted octanol–water partition coefficient (Wildman–Crippen LogP) is 2.06. The first-order chi connectivity index (χ1) is 9.03. The number of aryl methyl sites for hydroxylation is 1. The maximum Gasteiger partial charge on any atom is 0.251 e. The standard InChI is InChI=1S/C12H21N3O2S2.ClH/c1-9-14-8-12(18-9)19(16,17)15-11(7-13)10-5-3-2-4-6-10;/h8,10-11,15H,2-7,13H2,1H3;1H. The van der Waals surface area contributed by atoms with Gasteiger partial charge >= 0.3 is 0 Å². The van der Waals surface area contributed by atoms with E-state index in [0.29, 0.717) is 12.5 Å². The molecule has 1 aliphatic rings. The van der Waals surface area contributed by atoms with Gasteiger partial charge in [0.1, 0.15) is 0 Å². The Balaban J connectivity index is 0.00000200. The number of halogens is 1. The third kappa shape index (κ3) is 4.39. The molecule has 2 rings (SSSR count). The normalized spacial score (nSPS) is 18.5. The SMILES string of the molecule is Cc1ncc(S(=O)(=O)NC(CN)C2CCCCC2)s1.Cl. The maximum atomic E-state index is 12.3. The Labute approximate surface area is 130 Å². The molecule has 0 bridgehead atoms. The van der Waals surface area contributed by atoms with Crippen LogP contribution in [0, 0.1) is 12.8 Å². The molecule has 3 N–H and O–H groups in total. The molecule has 1 aromatic rings. The smallest absolute Gasteiger partial charge is 0.251 e. The summed E-state index contributed by atoms with van der Waals surface area (Å²) >= 11 is 1.19. The zero-order chi connectivity index (χ0) is 13.9. The number of nitrogens with two attached hydrogens (primary N) is 1. The fraction of sp³-hybridized carbons (Fsp3) is 0.750. The first-order valence-electron chi connectivity index (χ1n) is 6.68. The average Bonchev–Trinajstić information content (AvgIpc) is 2.85. The molecule has 1 heterocycles. The lowest BCUT2D eigenvalue weighted by Crippen LogP contribution is -2.45. The molecular formula is C12H22ClN3O2S2. The second-order valence-corrected chi connectivity index (χ2v) is 8.24. The van der Waals surface area contributed by atoms with Crippen molar-refractivity contribution < 1.29 is 8.42 Å². The van der Waals surface area contributed by atoms with Gasteiger partial charge in [-0.15, -0.1) is 23.7 Å². The van der Waals surface area contributed by atoms with Crippen molar-refractivity contribution in [1.29, 1.82) is 0 Å². The number of aromatic nitrogens is 1. The zero-order valence-electron chi connectivity index (χ0n) is 11.5. The Morgan fingerprint density at radius 1 is 1.45 bits per heavy atom. The number of hydrogen-bond donors (Lipinski definition) is 2. The van der Waals surface area contributed by atoms with Crippen LogP contribution in [0.15, 0.2) is 10.4 Å². The van der Waals surface area contributed by atoms with Crippen molar-refractivity contribution in [3.63, 3.8) is 0 Å². The van der Waals surface area contributed by atoms with Gasteiger partial charge in [-0.2, -0.15) is 0 Å². The number of hydrogen-bond acceptors (Lipinski definition) is 5. The molecule has 1 aliphatic carbocycles. The quantitative estimate of drug-likeness (QED) is 0.859. The highest BCUT2D eigenvalue weighted by atomic mass is 35.5. The Hall–Kier alpha value is -0.210. The van der Waals surface area contributed by atoms with Crippen molar-refractivity contribution >= 4 is 33.8 Å². The average molecular weight is 340 g/mol. The van der Waals surface area contributed by atoms with Crippen molar-refractivity contribution in [2.75, 3.05) is 6.54 Å². The number of nitrogens with one attached hydrogen (secondary N) is 1. The second kappa shape index (κ2) is 7.70. The van der Waals surface area contributed by atoms with E-state index in [1.807, 2.05) is 0 Å². The van der Waals surface area contributed by atoms with E-state index in [1.54, 1.807) is 6.92 Å². The molecule has 1 saturated carbocycles. The van der Waals surface area contributed by atoms with Crippen LogP contribution in [0.1, 0.15) is 37.1 Å². The molecular weight excluding hydrogens is 318 g/mol. The summed E-state index contributed by atoms with van der Waals surface area (Å²) in [4.78, 5) is 4.00. The van der Waals surface area contributed by atoms with E-state index >= 15 is 0 Å². The minimum atomic E-state index is -3.47. The molecule has 0 radical (unpaired) electrons. The van der Waals surface area contributed by atoms with Gasteiger partial charge in [-0.3, -0.25) is 0 Å². The van der Waals surface area contributed by atoms with Crippen LogP contribution in [0.25, 0.3) is 0 Å². The number of thiazole rings is 1. The molecule has 116 valence electrons. The van der Waals surface area contributed by atoms with Gasteiger partial charge in [0.25, 0.3) is 10.0 Å². The van der Waals surface area contributed by atoms with E-state index in [9.17, 15) is 8.42 Å². The van der Waals surface area contributed by atoms with Crippen LogP contribution < -0.4 is 10.5 Å². The van der Waals surface area contributed by atoms with Gasteiger partial charge < -0.3 is 5.73 Å². The molecule has 8 heteroatoms. The van der Waals surface area contributed by atoms with Crippen molar-refractivity contribution in [2.24, 2.45) is 11.7 Å². The van der Waals surface area contributed by atoms with E-state index in [4.69, 9.17) is 5.73 Å². The van der Waals surface area contributed by atoms with Crippen LogP contribution in [-0.2, 0) is 10.0 Å². The summed E-state index contributed by atoms with van der Waals surface area (Å²) in [5.74, 6) is 0.363. The lowest BCUT2D eigenvalue weighted by Gasteiger charge is -2.29. The molecule has 0 aliphatic heterocycles. The number of nitrogens with zero attached hydrogens (tertiary/aromatic N) is 1. The number of rotatable bonds is 5. The molecule has 0 aromatic carbocycles. The maximum absolute atomic E-state index is 12.3. The van der Waals surface area contributed by atoms with E-state index in [-0.39, 0.29) is 22.7 Å². The summed E-state index contributed by atoms with van der Waals surface area (Å²) in [5.41, 5.74) is 5.75. The first kappa shape index (κ1) is 17.8. The minimum Gasteiger partial charge on any atom is -0.329 e. The van der Waals surface area contributed by atoms with Crippen LogP contribution in [0.5, 0.6) is 0 Å². The molecule has 5 nitrogen and oxygen atoms in total. The van der Waals surface area contributed by atoms with E-state index in [2.05, 4.69) is 9.71 Å². The molecule has 20 heavy (non-hydrogen) atoms. The topological polar surface area (TPSA) is 85.1 Å². The molecule has 0 saturated heterocycles. The lowest BCUT2D eigenvalue weighted by molar-refractivity contribution is 0.294. The summed E-state index contributed by atoms with van der Waals surface area (Å²) in [5, 5.41) is 0.752. The molecule has 1 aromatic heterocycles. The van der Waals surface area contributed by atoms with Gasteiger partial charge in [0.2, 0.25) is 0 Å². The van der Waals surface area contributed by atoms with Gasteiger partial charge in [0, 0.05) is 12.6 Å². The Morgan fingerprint density at radius 3 is 2.60 bits per heavy atom. The van der Waals surface area contributed by atoms with E-state index in [1.165, 1.54) is 36.8 Å². The van der Waals surface area contributed by atoms with Gasteiger partial charge in [-0.05, 0) is 25.7 Å². The Morgan fingerprint density at radius 2 is 2.10 bits per heavy atom. The summed E-state index contributed by atoms with van der Waals surface area (Å²) in [6.45, 7) is 2.15. The highest BCUT2D eigenvalue weighted by molar-refractivity contribution is 7.91. The summed E-state index contributed by atoms with van der Waals surface area (Å²) in [7, 11) is -3.47. The minimum absolute atomic E-state index is 0. The largest absolute Gasteiger partial charge is 0.329 e. The van der Waals surface area contributed by atoms with Crippen LogP contribution in [0.4, 0.5) is 0 Å². The predicted molar refractivity (Wildman–Crippen MR) is 83.8 cm³/mol. The van der Waals surface area contributed by atoms with Crippen molar-refractivity contribution in [1.82, 2.24) is 9.71 Å². The van der Waals surface area contributed by atoms with Gasteiger partial charge in [0.05, 0.1) is 11.2 Å². The molecule has 1 fully saturated rings. The molecule has 0 spiro atoms. The van der Waals surface area contributed by atoms with Crippen molar-refractivity contribution in [2.45, 2.75) is 49.3 Å². The van der Waals surface area contributed by atoms with Crippen molar-refractivity contribution in [3.8, 4) is 0 Å². The highest BCUT2D eigenvalue weighted by Crippen LogP contribution is 2.27. The Bertz CT molecular complexity index is 513. The summed E-state index contributed by atoms with van der Waals surface area (Å²) in [6.07, 6.45) is 7.12. The fourth-order valence-electron chi connectivity index (χ4n) is 2.60. The van der Waals surface area contributed by atoms with E-state index in [0.717, 1.165) is 17.8 Å². The third-order valence-electron chi connectivity index (χ3n) is 3.64. The zero-order valence-corrected chi connectivity index (χ0v) is 14.0. The van der Waals surface area contributed by atoms with Gasteiger partial charge in [-0.25, -0.2) is 18.1 Å². The molecule has 1 unspecified atom stereocenters. The van der Waals surface area contributed by atoms with Gasteiger partial charge in [-0.1, -0.05) is 19.3 Å². The monoisotopic (exact) mass is 339 g/mol. The fourth-order valence-corrected chi connectivity index (χ4v) is 5.04. The van der Waals surface area contributed by atoms with Crippen LogP contribution in [0.2, 0.25) is 0 Å². The third-order valence-corrected chi connectivity index (χ3v) is 6.51. The molecule has 0 amide bonds. The van der Waals surface area contributed by atoms with E-state index < -0.39 is 10.0 Å². The molecule has 1 atom stereocenters. The van der Waals surface area contributed by atoms with Crippen LogP contribution in [0.3, 0.4) is 0 Å². The van der Waals surface area contributed by atoms with Crippen LogP contribution in [-0.4, -0.2) is 26.0 Å². The summed E-state index contributed by atoms with van der Waals surface area (Å²) in [6, 6.07) is -0.160. The highest BCUT2D eigenvalue weighted by Gasteiger charge is 2.28. The number of sulfonamides is 1. The van der Waals surface area contributed by atoms with Gasteiger partial charge in [0.15, 0.2) is 4.21 Å². The lowest BCUT2D eigenvalue weighted by atomic mass is 9.84. The van der Waals surface area contributed by atoms with Crippen LogP contribution >= 0.6 is 23.7 Å².